The number of carbonyl (C=O) groups is 1. The highest BCUT2D eigenvalue weighted by Crippen LogP contribution is 2.42. The Bertz CT molecular complexity index is 1260. The van der Waals surface area contributed by atoms with Crippen LogP contribution in [0, 0.1) is 5.92 Å². The third-order valence-electron chi connectivity index (χ3n) is 5.56. The van der Waals surface area contributed by atoms with Crippen molar-refractivity contribution in [2.45, 2.75) is 20.4 Å². The third-order valence-corrected chi connectivity index (χ3v) is 5.56. The summed E-state index contributed by atoms with van der Waals surface area (Å²) in [4.78, 5) is 15.4. The molecule has 0 saturated heterocycles. The first kappa shape index (κ1) is 18.4. The number of anilines is 2. The van der Waals surface area contributed by atoms with Gasteiger partial charge in [0.15, 0.2) is 0 Å². The fourth-order valence-corrected chi connectivity index (χ4v) is 4.30. The minimum atomic E-state index is 0.0168. The highest BCUT2D eigenvalue weighted by atomic mass is 16.2. The van der Waals surface area contributed by atoms with Gasteiger partial charge in [-0.15, -0.1) is 0 Å². The molecule has 4 aromatic rings. The monoisotopic (exact) mass is 392 g/mol. The van der Waals surface area contributed by atoms with Gasteiger partial charge < -0.3 is 4.57 Å². The van der Waals surface area contributed by atoms with Crippen LogP contribution in [-0.4, -0.2) is 10.5 Å². The van der Waals surface area contributed by atoms with Gasteiger partial charge in [-0.1, -0.05) is 68.4 Å². The van der Waals surface area contributed by atoms with Gasteiger partial charge in [-0.3, -0.25) is 9.69 Å². The number of nitrogens with zero attached hydrogens (tertiary/aromatic N) is 2. The van der Waals surface area contributed by atoms with Crippen LogP contribution in [-0.2, 0) is 11.3 Å². The minimum Gasteiger partial charge on any atom is -0.347 e. The molecule has 0 unspecified atom stereocenters. The van der Waals surface area contributed by atoms with Crippen LogP contribution < -0.4 is 4.90 Å². The Kier molecular flexibility index (Phi) is 4.51. The summed E-state index contributed by atoms with van der Waals surface area (Å²) in [5.41, 5.74) is 5.83. The van der Waals surface area contributed by atoms with Gasteiger partial charge in [-0.25, -0.2) is 0 Å². The summed E-state index contributed by atoms with van der Waals surface area (Å²) in [6, 6.07) is 26.3. The van der Waals surface area contributed by atoms with Crippen LogP contribution in [0.2, 0.25) is 0 Å². The van der Waals surface area contributed by atoms with E-state index in [0.29, 0.717) is 5.92 Å². The van der Waals surface area contributed by atoms with Gasteiger partial charge in [0.2, 0.25) is 0 Å². The predicted octanol–water partition coefficient (Wildman–Crippen LogP) is 6.52. The van der Waals surface area contributed by atoms with Crippen molar-refractivity contribution in [1.29, 1.82) is 0 Å². The van der Waals surface area contributed by atoms with Crippen molar-refractivity contribution in [2.75, 3.05) is 4.90 Å². The molecule has 2 heterocycles. The van der Waals surface area contributed by atoms with Gasteiger partial charge in [0, 0.05) is 40.5 Å². The minimum absolute atomic E-state index is 0.0168. The molecule has 3 heteroatoms. The molecule has 3 nitrogen and oxygen atoms in total. The second-order valence-corrected chi connectivity index (χ2v) is 8.20. The van der Waals surface area contributed by atoms with Crippen LogP contribution in [0.3, 0.4) is 0 Å². The maximum atomic E-state index is 13.5. The van der Waals surface area contributed by atoms with E-state index >= 15 is 0 Å². The molecule has 0 N–H and O–H groups in total. The lowest BCUT2D eigenvalue weighted by molar-refractivity contribution is -0.112. The smallest absolute Gasteiger partial charge is 0.263 e. The van der Waals surface area contributed by atoms with E-state index in [1.165, 1.54) is 10.9 Å². The number of benzene rings is 3. The zero-order valence-electron chi connectivity index (χ0n) is 17.2. The van der Waals surface area contributed by atoms with E-state index in [-0.39, 0.29) is 5.91 Å². The number of fused-ring (bicyclic) bond motifs is 2. The Morgan fingerprint density at radius 2 is 1.57 bits per heavy atom. The predicted molar refractivity (Wildman–Crippen MR) is 125 cm³/mol. The molecular weight excluding hydrogens is 368 g/mol. The Hall–Kier alpha value is -3.59. The first-order valence-electron chi connectivity index (χ1n) is 10.4. The Morgan fingerprint density at radius 3 is 2.37 bits per heavy atom. The molecule has 1 aliphatic rings. The molecular formula is C27H24N2O. The molecule has 30 heavy (non-hydrogen) atoms. The van der Waals surface area contributed by atoms with E-state index in [1.807, 2.05) is 59.5 Å². The zero-order chi connectivity index (χ0) is 20.7. The van der Waals surface area contributed by atoms with Crippen molar-refractivity contribution in [2.24, 2.45) is 5.92 Å². The maximum absolute atomic E-state index is 13.5. The van der Waals surface area contributed by atoms with E-state index in [0.717, 1.165) is 34.6 Å². The van der Waals surface area contributed by atoms with E-state index in [4.69, 9.17) is 0 Å². The summed E-state index contributed by atoms with van der Waals surface area (Å²) in [6.45, 7) is 5.40. The van der Waals surface area contributed by atoms with Crippen LogP contribution in [0.1, 0.15) is 25.0 Å². The van der Waals surface area contributed by atoms with Crippen molar-refractivity contribution >= 4 is 39.8 Å². The average molecular weight is 393 g/mol. The maximum Gasteiger partial charge on any atom is 0.263 e. The fraction of sp³-hybridized carbons (Fsp3) is 0.148. The quantitative estimate of drug-likeness (QED) is 0.363. The standard InChI is InChI=1S/C27H24N2O/c1-19(2)17-28-18-20(22-12-6-8-14-25(22)28)16-24-23-13-7-9-15-26(23)29(27(24)30)21-10-4-3-5-11-21/h3-16,18-19H,17H2,1-2H3. The number of hydrogen-bond donors (Lipinski definition) is 0. The highest BCUT2D eigenvalue weighted by Gasteiger charge is 2.33. The first-order chi connectivity index (χ1) is 14.6. The fourth-order valence-electron chi connectivity index (χ4n) is 4.30. The van der Waals surface area contributed by atoms with E-state index < -0.39 is 0 Å². The zero-order valence-corrected chi connectivity index (χ0v) is 17.2. The molecule has 1 amide bonds. The number of hydrogen-bond acceptors (Lipinski definition) is 1. The van der Waals surface area contributed by atoms with E-state index in [2.05, 4.69) is 55.0 Å². The van der Waals surface area contributed by atoms with Crippen molar-refractivity contribution in [3.63, 3.8) is 0 Å². The summed E-state index contributed by atoms with van der Waals surface area (Å²) in [5.74, 6) is 0.562. The van der Waals surface area contributed by atoms with Gasteiger partial charge in [-0.05, 0) is 36.3 Å². The van der Waals surface area contributed by atoms with Crippen molar-refractivity contribution < 1.29 is 4.79 Å². The lowest BCUT2D eigenvalue weighted by Gasteiger charge is -2.16. The summed E-state index contributed by atoms with van der Waals surface area (Å²) < 4.78 is 2.30. The van der Waals surface area contributed by atoms with Crippen molar-refractivity contribution in [3.8, 4) is 0 Å². The number of rotatable bonds is 4. The summed E-state index contributed by atoms with van der Waals surface area (Å²) in [6.07, 6.45) is 4.24. The van der Waals surface area contributed by atoms with Crippen LogP contribution in [0.25, 0.3) is 22.6 Å². The van der Waals surface area contributed by atoms with Crippen molar-refractivity contribution in [1.82, 2.24) is 4.57 Å². The lowest BCUT2D eigenvalue weighted by Crippen LogP contribution is -2.20. The largest absolute Gasteiger partial charge is 0.347 e. The number of carbonyl (C=O) groups excluding carboxylic acids is 1. The molecule has 0 atom stereocenters. The molecule has 0 aliphatic carbocycles. The molecule has 0 bridgehead atoms. The second kappa shape index (κ2) is 7.34. The Balaban J connectivity index is 1.67. The number of amides is 1. The number of para-hydroxylation sites is 3. The summed E-state index contributed by atoms with van der Waals surface area (Å²) in [7, 11) is 0. The van der Waals surface area contributed by atoms with Gasteiger partial charge in [0.05, 0.1) is 11.3 Å². The van der Waals surface area contributed by atoms with Crippen LogP contribution in [0.4, 0.5) is 11.4 Å². The second-order valence-electron chi connectivity index (χ2n) is 8.20. The Morgan fingerprint density at radius 1 is 0.867 bits per heavy atom. The molecule has 148 valence electrons. The molecule has 3 aromatic carbocycles. The van der Waals surface area contributed by atoms with E-state index in [9.17, 15) is 4.79 Å². The first-order valence-corrected chi connectivity index (χ1v) is 10.4. The molecule has 0 spiro atoms. The molecule has 1 aromatic heterocycles. The van der Waals surface area contributed by atoms with Gasteiger partial charge in [0.25, 0.3) is 5.91 Å². The van der Waals surface area contributed by atoms with E-state index in [1.54, 1.807) is 0 Å². The van der Waals surface area contributed by atoms with Crippen molar-refractivity contribution in [3.05, 3.63) is 96.2 Å². The third kappa shape index (κ3) is 3.03. The molecule has 5 rings (SSSR count). The van der Waals surface area contributed by atoms with Gasteiger partial charge in [-0.2, -0.15) is 0 Å². The number of aromatic nitrogens is 1. The normalized spacial score (nSPS) is 14.8. The molecule has 1 aliphatic heterocycles. The molecule has 0 saturated carbocycles. The topological polar surface area (TPSA) is 25.2 Å². The molecule has 0 radical (unpaired) electrons. The van der Waals surface area contributed by atoms with Crippen LogP contribution >= 0.6 is 0 Å². The summed E-state index contributed by atoms with van der Waals surface area (Å²) in [5, 5.41) is 1.18. The van der Waals surface area contributed by atoms with Gasteiger partial charge in [0.1, 0.15) is 0 Å². The molecule has 0 fully saturated rings. The SMILES string of the molecule is CC(C)Cn1cc(C=C2C(=O)N(c3ccccc3)c3ccccc32)c2ccccc21. The summed E-state index contributed by atoms with van der Waals surface area (Å²) >= 11 is 0. The average Bonchev–Trinajstić information content (AvgIpc) is 3.24. The lowest BCUT2D eigenvalue weighted by atomic mass is 10.0. The van der Waals surface area contributed by atoms with Crippen LogP contribution in [0.5, 0.6) is 0 Å². The highest BCUT2D eigenvalue weighted by molar-refractivity contribution is 6.38. The Labute approximate surface area is 176 Å². The van der Waals surface area contributed by atoms with Gasteiger partial charge >= 0.3 is 0 Å². The van der Waals surface area contributed by atoms with Crippen LogP contribution in [0.15, 0.2) is 85.1 Å².